The molecule has 3 heterocycles. The fourth-order valence-corrected chi connectivity index (χ4v) is 9.32. The molecule has 2 aliphatic heterocycles. The van der Waals surface area contributed by atoms with Gasteiger partial charge in [-0.1, -0.05) is 43.7 Å². The highest BCUT2D eigenvalue weighted by Gasteiger charge is 2.49. The number of amides is 1. The molecule has 1 aromatic heterocycles. The van der Waals surface area contributed by atoms with E-state index in [4.69, 9.17) is 4.74 Å². The van der Waals surface area contributed by atoms with Gasteiger partial charge in [-0.2, -0.15) is 0 Å². The zero-order valence-electron chi connectivity index (χ0n) is 25.8. The summed E-state index contributed by atoms with van der Waals surface area (Å²) in [4.78, 5) is 21.6. The maximum absolute atomic E-state index is 12.9. The number of hydrogen-bond donors (Lipinski definition) is 1. The third-order valence-corrected chi connectivity index (χ3v) is 12.3. The highest BCUT2D eigenvalue weighted by atomic mass is 32.2. The molecule has 9 heteroatoms. The molecule has 1 amide bonds. The fraction of sp³-hybridized carbons (Fsp3) is 0.486. The average molecular weight is 617 g/mol. The Morgan fingerprint density at radius 3 is 2.25 bits per heavy atom. The third-order valence-electron chi connectivity index (χ3n) is 10.6. The lowest BCUT2D eigenvalue weighted by molar-refractivity contribution is 0.0764. The van der Waals surface area contributed by atoms with Crippen LogP contribution in [0.15, 0.2) is 88.9 Å². The molecule has 1 saturated carbocycles. The summed E-state index contributed by atoms with van der Waals surface area (Å²) >= 11 is 0. The Kier molecular flexibility index (Phi) is 8.96. The van der Waals surface area contributed by atoms with Crippen LogP contribution in [0.4, 0.5) is 10.5 Å². The number of nitrogens with zero attached hydrogens (tertiary/aromatic N) is 3. The molecule has 1 unspecified atom stereocenters. The molecule has 2 aromatic carbocycles. The number of carbonyl (C=O) groups is 1. The summed E-state index contributed by atoms with van der Waals surface area (Å²) in [7, 11) is -2.09. The first-order valence-corrected chi connectivity index (χ1v) is 17.4. The molecule has 1 N–H and O–H groups in total. The van der Waals surface area contributed by atoms with E-state index in [9.17, 15) is 13.2 Å². The number of sulfone groups is 1. The second-order valence-electron chi connectivity index (χ2n) is 13.0. The molecule has 0 spiro atoms. The first kappa shape index (κ1) is 30.6. The molecule has 3 atom stereocenters. The minimum Gasteiger partial charge on any atom is -0.453 e. The van der Waals surface area contributed by atoms with Crippen LogP contribution in [0.2, 0.25) is 0 Å². The number of anilines is 1. The summed E-state index contributed by atoms with van der Waals surface area (Å²) in [5.74, 6) is 1.54. The summed E-state index contributed by atoms with van der Waals surface area (Å²) < 4.78 is 30.8. The standard InChI is InChI=1S/C35H44N4O4S/c1-35(27-7-4-3-5-8-27,32-9-6-10-33(32)37-34(40)43-2)28-17-21-38(22-18-28)23-26-24-39(25-26)29-11-13-30(14-12-29)44(41,42)31-15-19-36-20-16-31/h3-5,7-8,11-16,19-20,26,28,32-33H,6,9-10,17-18,21-25H2,1-2H3,(H,37,40)/t32-,33-,35?/m0/s1. The number of nitrogens with one attached hydrogen (secondary N) is 1. The number of hydrogen-bond acceptors (Lipinski definition) is 7. The van der Waals surface area contributed by atoms with Crippen molar-refractivity contribution in [1.82, 2.24) is 15.2 Å². The number of benzene rings is 2. The van der Waals surface area contributed by atoms with Crippen molar-refractivity contribution in [1.29, 1.82) is 0 Å². The lowest BCUT2D eigenvalue weighted by Crippen LogP contribution is -2.54. The van der Waals surface area contributed by atoms with E-state index in [1.54, 1.807) is 12.1 Å². The Labute approximate surface area is 261 Å². The van der Waals surface area contributed by atoms with Crippen LogP contribution in [0.1, 0.15) is 44.6 Å². The van der Waals surface area contributed by atoms with E-state index < -0.39 is 9.84 Å². The Balaban J connectivity index is 1.04. The number of ether oxygens (including phenoxy) is 1. The van der Waals surface area contributed by atoms with Crippen molar-refractivity contribution in [2.45, 2.75) is 60.3 Å². The minimum absolute atomic E-state index is 0.0140. The van der Waals surface area contributed by atoms with Crippen LogP contribution in [0.25, 0.3) is 0 Å². The van der Waals surface area contributed by atoms with E-state index in [1.807, 2.05) is 12.1 Å². The van der Waals surface area contributed by atoms with Crippen LogP contribution >= 0.6 is 0 Å². The Hall–Kier alpha value is -3.43. The number of alkyl carbamates (subject to hydrolysis) is 1. The normalized spacial score (nSPS) is 23.1. The van der Waals surface area contributed by atoms with Gasteiger partial charge in [-0.05, 0) is 92.6 Å². The zero-order chi connectivity index (χ0) is 30.7. The molecule has 6 rings (SSSR count). The highest BCUT2D eigenvalue weighted by Crippen LogP contribution is 2.50. The molecule has 2 saturated heterocycles. The van der Waals surface area contributed by atoms with Crippen molar-refractivity contribution in [3.63, 3.8) is 0 Å². The van der Waals surface area contributed by atoms with Crippen LogP contribution in [-0.2, 0) is 20.0 Å². The molecule has 44 heavy (non-hydrogen) atoms. The monoisotopic (exact) mass is 616 g/mol. The van der Waals surface area contributed by atoms with Gasteiger partial charge in [-0.15, -0.1) is 0 Å². The summed E-state index contributed by atoms with van der Waals surface area (Å²) in [5.41, 5.74) is 2.44. The largest absolute Gasteiger partial charge is 0.453 e. The van der Waals surface area contributed by atoms with Crippen LogP contribution in [-0.4, -0.2) is 70.3 Å². The number of rotatable bonds is 9. The summed E-state index contributed by atoms with van der Waals surface area (Å²) in [6.45, 7) is 7.69. The first-order valence-electron chi connectivity index (χ1n) is 15.9. The van der Waals surface area contributed by atoms with Gasteiger partial charge < -0.3 is 19.9 Å². The van der Waals surface area contributed by atoms with Gasteiger partial charge in [0.25, 0.3) is 0 Å². The van der Waals surface area contributed by atoms with Crippen LogP contribution < -0.4 is 10.2 Å². The second-order valence-corrected chi connectivity index (χ2v) is 14.9. The molecule has 1 aliphatic carbocycles. The van der Waals surface area contributed by atoms with E-state index in [2.05, 4.69) is 57.4 Å². The van der Waals surface area contributed by atoms with Crippen molar-refractivity contribution >= 4 is 21.6 Å². The van der Waals surface area contributed by atoms with Crippen molar-refractivity contribution < 1.29 is 17.9 Å². The molecular weight excluding hydrogens is 572 g/mol. The number of methoxy groups -OCH3 is 1. The molecule has 3 fully saturated rings. The Morgan fingerprint density at radius 2 is 1.59 bits per heavy atom. The van der Waals surface area contributed by atoms with Gasteiger partial charge in [-0.3, -0.25) is 4.98 Å². The smallest absolute Gasteiger partial charge is 0.407 e. The van der Waals surface area contributed by atoms with Crippen molar-refractivity contribution in [2.24, 2.45) is 17.8 Å². The zero-order valence-corrected chi connectivity index (χ0v) is 26.6. The van der Waals surface area contributed by atoms with E-state index >= 15 is 0 Å². The van der Waals surface area contributed by atoms with Crippen LogP contribution in [0.3, 0.4) is 0 Å². The maximum Gasteiger partial charge on any atom is 0.407 e. The van der Waals surface area contributed by atoms with Crippen LogP contribution in [0, 0.1) is 17.8 Å². The van der Waals surface area contributed by atoms with Gasteiger partial charge in [0.15, 0.2) is 0 Å². The van der Waals surface area contributed by atoms with Gasteiger partial charge >= 0.3 is 6.09 Å². The second kappa shape index (κ2) is 12.9. The number of likely N-dealkylation sites (tertiary alicyclic amines) is 1. The van der Waals surface area contributed by atoms with Gasteiger partial charge in [0, 0.05) is 55.1 Å². The van der Waals surface area contributed by atoms with Gasteiger partial charge in [-0.25, -0.2) is 13.2 Å². The molecular formula is C35H44N4O4S. The summed E-state index contributed by atoms with van der Waals surface area (Å²) in [5, 5.41) is 3.17. The van der Waals surface area contributed by atoms with E-state index in [0.29, 0.717) is 22.6 Å². The lowest BCUT2D eigenvalue weighted by atomic mass is 9.59. The number of aromatic nitrogens is 1. The SMILES string of the molecule is COC(=O)N[C@H]1CCC[C@@H]1C(C)(c1ccccc1)C1CCN(CC2CN(c3ccc(S(=O)(=O)c4ccncc4)cc3)C2)CC1. The van der Waals surface area contributed by atoms with E-state index in [-0.39, 0.29) is 22.4 Å². The molecule has 3 aromatic rings. The third kappa shape index (κ3) is 6.09. The maximum atomic E-state index is 12.9. The summed E-state index contributed by atoms with van der Waals surface area (Å²) in [6, 6.07) is 21.4. The number of carbonyl (C=O) groups excluding carboxylic acids is 1. The van der Waals surface area contributed by atoms with Crippen molar-refractivity contribution in [3.8, 4) is 0 Å². The molecule has 0 bridgehead atoms. The van der Waals surface area contributed by atoms with Gasteiger partial charge in [0.05, 0.1) is 16.9 Å². The van der Waals surface area contributed by atoms with Crippen molar-refractivity contribution in [2.75, 3.05) is 44.7 Å². The minimum atomic E-state index is -3.54. The van der Waals surface area contributed by atoms with E-state index in [0.717, 1.165) is 70.5 Å². The molecule has 0 radical (unpaired) electrons. The topological polar surface area (TPSA) is 91.8 Å². The molecule has 234 valence electrons. The van der Waals surface area contributed by atoms with Crippen LogP contribution in [0.5, 0.6) is 0 Å². The lowest BCUT2D eigenvalue weighted by Gasteiger charge is -2.49. The fourth-order valence-electron chi connectivity index (χ4n) is 8.08. The molecule has 8 nitrogen and oxygen atoms in total. The predicted molar refractivity (Wildman–Crippen MR) is 171 cm³/mol. The number of piperidine rings is 1. The Bertz CT molecular complexity index is 1510. The molecule has 3 aliphatic rings. The first-order chi connectivity index (χ1) is 21.3. The summed E-state index contributed by atoms with van der Waals surface area (Å²) in [6.07, 6.45) is 8.23. The average Bonchev–Trinajstić information content (AvgIpc) is 3.52. The number of pyridine rings is 1. The van der Waals surface area contributed by atoms with E-state index in [1.165, 1.54) is 37.2 Å². The highest BCUT2D eigenvalue weighted by molar-refractivity contribution is 7.91. The predicted octanol–water partition coefficient (Wildman–Crippen LogP) is 5.55. The van der Waals surface area contributed by atoms with Gasteiger partial charge in [0.1, 0.15) is 0 Å². The quantitative estimate of drug-likeness (QED) is 0.337. The van der Waals surface area contributed by atoms with Gasteiger partial charge in [0.2, 0.25) is 9.84 Å². The Morgan fingerprint density at radius 1 is 0.932 bits per heavy atom. The van der Waals surface area contributed by atoms with Crippen molar-refractivity contribution in [3.05, 3.63) is 84.7 Å².